The average Bonchev–Trinajstić information content (AvgIpc) is 2.76. The molecule has 31 heavy (non-hydrogen) atoms. The molecule has 7 nitrogen and oxygen atoms in total. The molecule has 0 radical (unpaired) electrons. The molecule has 2 aromatic rings. The number of aryl methyl sites for hydroxylation is 1. The fourth-order valence-corrected chi connectivity index (χ4v) is 3.72. The van der Waals surface area contributed by atoms with Crippen molar-refractivity contribution in [2.24, 2.45) is 0 Å². The molecule has 0 saturated carbocycles. The van der Waals surface area contributed by atoms with Crippen LogP contribution in [0.4, 0.5) is 10.5 Å². The number of rotatable bonds is 6. The number of anilines is 1. The molecule has 0 aromatic heterocycles. The Hall–Kier alpha value is -3.61. The Labute approximate surface area is 182 Å². The van der Waals surface area contributed by atoms with Gasteiger partial charge in [-0.05, 0) is 49.6 Å². The second kappa shape index (κ2) is 9.47. The van der Waals surface area contributed by atoms with Crippen LogP contribution in [0.5, 0.6) is 0 Å². The van der Waals surface area contributed by atoms with Crippen LogP contribution >= 0.6 is 0 Å². The first-order valence-corrected chi connectivity index (χ1v) is 10.2. The van der Waals surface area contributed by atoms with E-state index in [1.165, 1.54) is 7.11 Å². The van der Waals surface area contributed by atoms with Crippen LogP contribution in [0, 0.1) is 6.92 Å². The Morgan fingerprint density at radius 1 is 1.13 bits per heavy atom. The highest BCUT2D eigenvalue weighted by Crippen LogP contribution is 2.32. The summed E-state index contributed by atoms with van der Waals surface area (Å²) in [5.41, 5.74) is 3.64. The van der Waals surface area contributed by atoms with Gasteiger partial charge in [-0.3, -0.25) is 9.69 Å². The van der Waals surface area contributed by atoms with E-state index in [0.717, 1.165) is 12.0 Å². The zero-order valence-electron chi connectivity index (χ0n) is 18.2. The first-order valence-electron chi connectivity index (χ1n) is 10.2. The monoisotopic (exact) mass is 421 g/mol. The number of allylic oxidation sites excluding steroid dienone is 1. The number of nitrogens with one attached hydrogen (secondary N) is 2. The van der Waals surface area contributed by atoms with Crippen LogP contribution < -0.4 is 10.6 Å². The lowest BCUT2D eigenvalue weighted by Crippen LogP contribution is -2.48. The van der Waals surface area contributed by atoms with E-state index in [4.69, 9.17) is 4.74 Å². The molecule has 2 aromatic carbocycles. The lowest BCUT2D eigenvalue weighted by molar-refractivity contribution is -0.136. The normalized spacial score (nSPS) is 16.1. The van der Waals surface area contributed by atoms with Crippen LogP contribution in [0.1, 0.15) is 47.8 Å². The van der Waals surface area contributed by atoms with Crippen molar-refractivity contribution in [1.82, 2.24) is 10.2 Å². The van der Waals surface area contributed by atoms with Crippen molar-refractivity contribution in [1.29, 1.82) is 0 Å². The Morgan fingerprint density at radius 3 is 2.55 bits per heavy atom. The Bertz CT molecular complexity index is 1040. The van der Waals surface area contributed by atoms with Crippen LogP contribution in [0.3, 0.4) is 0 Å². The molecule has 1 aliphatic heterocycles. The van der Waals surface area contributed by atoms with Crippen LogP contribution in [-0.4, -0.2) is 36.5 Å². The number of carbonyl (C=O) groups excluding carboxylic acids is 3. The van der Waals surface area contributed by atoms with Gasteiger partial charge in [0.05, 0.1) is 18.7 Å². The molecule has 0 spiro atoms. The maximum atomic E-state index is 12.7. The summed E-state index contributed by atoms with van der Waals surface area (Å²) in [6, 6.07) is 13.5. The lowest BCUT2D eigenvalue weighted by atomic mass is 9.94. The van der Waals surface area contributed by atoms with E-state index in [2.05, 4.69) is 10.6 Å². The average molecular weight is 421 g/mol. The van der Waals surface area contributed by atoms with Gasteiger partial charge in [0, 0.05) is 23.5 Å². The van der Waals surface area contributed by atoms with Gasteiger partial charge in [0.25, 0.3) is 5.91 Å². The van der Waals surface area contributed by atoms with E-state index >= 15 is 0 Å². The number of methoxy groups -OCH3 is 1. The predicted molar refractivity (Wildman–Crippen MR) is 119 cm³/mol. The predicted octanol–water partition coefficient (Wildman–Crippen LogP) is 4.17. The number of urea groups is 1. The zero-order valence-corrected chi connectivity index (χ0v) is 18.2. The van der Waals surface area contributed by atoms with Crippen molar-refractivity contribution in [3.63, 3.8) is 0 Å². The van der Waals surface area contributed by atoms with Gasteiger partial charge in [-0.25, -0.2) is 9.59 Å². The molecule has 1 heterocycles. The third kappa shape index (κ3) is 4.60. The molecule has 162 valence electrons. The number of carbonyl (C=O) groups is 3. The summed E-state index contributed by atoms with van der Waals surface area (Å²) in [5.74, 6) is -0.727. The van der Waals surface area contributed by atoms with E-state index in [-0.39, 0.29) is 11.9 Å². The minimum atomic E-state index is -0.677. The maximum absolute atomic E-state index is 12.7. The van der Waals surface area contributed by atoms with Crippen LogP contribution in [0.25, 0.3) is 0 Å². The van der Waals surface area contributed by atoms with E-state index in [1.54, 1.807) is 42.2 Å². The number of amides is 3. The minimum Gasteiger partial charge on any atom is -0.466 e. The molecule has 1 aliphatic rings. The fourth-order valence-electron chi connectivity index (χ4n) is 3.72. The van der Waals surface area contributed by atoms with Crippen LogP contribution in [0.2, 0.25) is 0 Å². The van der Waals surface area contributed by atoms with Gasteiger partial charge in [0.15, 0.2) is 0 Å². The Morgan fingerprint density at radius 2 is 1.87 bits per heavy atom. The number of ether oxygens (including phenoxy) is 1. The number of benzene rings is 2. The molecular formula is C24H27N3O4. The van der Waals surface area contributed by atoms with E-state index in [9.17, 15) is 14.4 Å². The zero-order chi connectivity index (χ0) is 22.5. The van der Waals surface area contributed by atoms with Gasteiger partial charge in [0.2, 0.25) is 0 Å². The summed E-state index contributed by atoms with van der Waals surface area (Å²) in [6.07, 6.45) is 0.754. The second-order valence-corrected chi connectivity index (χ2v) is 7.42. The summed E-state index contributed by atoms with van der Waals surface area (Å²) in [5, 5.41) is 5.79. The molecule has 0 fully saturated rings. The Balaban J connectivity index is 1.95. The molecular weight excluding hydrogens is 394 g/mol. The first kappa shape index (κ1) is 22.1. The van der Waals surface area contributed by atoms with Crippen molar-refractivity contribution in [2.45, 2.75) is 33.2 Å². The third-order valence-corrected chi connectivity index (χ3v) is 5.32. The van der Waals surface area contributed by atoms with Crippen molar-refractivity contribution in [3.05, 3.63) is 76.5 Å². The maximum Gasteiger partial charge on any atom is 0.337 e. The Kier molecular flexibility index (Phi) is 6.74. The molecule has 0 bridgehead atoms. The van der Waals surface area contributed by atoms with Gasteiger partial charge >= 0.3 is 12.0 Å². The molecule has 3 amide bonds. The highest BCUT2D eigenvalue weighted by molar-refractivity contribution is 6.05. The third-order valence-electron chi connectivity index (χ3n) is 5.32. The molecule has 2 N–H and O–H groups in total. The summed E-state index contributed by atoms with van der Waals surface area (Å²) in [4.78, 5) is 39.5. The van der Waals surface area contributed by atoms with Gasteiger partial charge in [-0.2, -0.15) is 0 Å². The quantitative estimate of drug-likeness (QED) is 0.685. The highest BCUT2D eigenvalue weighted by Gasteiger charge is 2.36. The molecule has 0 aliphatic carbocycles. The molecule has 7 heteroatoms. The number of hydrogen-bond acceptors (Lipinski definition) is 4. The summed E-state index contributed by atoms with van der Waals surface area (Å²) in [7, 11) is 1.32. The first-order chi connectivity index (χ1) is 14.9. The van der Waals surface area contributed by atoms with Crippen LogP contribution in [0.15, 0.2) is 59.8 Å². The molecule has 0 unspecified atom stereocenters. The summed E-state index contributed by atoms with van der Waals surface area (Å²) in [6.45, 7) is 6.08. The fraction of sp³-hybridized carbons (Fsp3) is 0.292. The molecule has 3 rings (SSSR count). The smallest absolute Gasteiger partial charge is 0.337 e. The standard InChI is InChI=1S/C24H27N3O4/c1-5-13-27-16(3)20(23(29)31-4)21(26-24(27)30)17-10-8-11-18(14-17)25-22(28)19-12-7-6-9-15(19)2/h6-12,14,21H,5,13H2,1-4H3,(H,25,28)(H,26,30)/t21-/m1/s1. The van der Waals surface area contributed by atoms with Crippen LogP contribution in [-0.2, 0) is 9.53 Å². The SMILES string of the molecule is CCCN1C(=O)N[C@H](c2cccc(NC(=O)c3ccccc3C)c2)C(C(=O)OC)=C1C. The summed E-state index contributed by atoms with van der Waals surface area (Å²) < 4.78 is 4.99. The lowest BCUT2D eigenvalue weighted by Gasteiger charge is -2.35. The topological polar surface area (TPSA) is 87.7 Å². The second-order valence-electron chi connectivity index (χ2n) is 7.42. The largest absolute Gasteiger partial charge is 0.466 e. The van der Waals surface area contributed by atoms with E-state index in [1.807, 2.05) is 32.0 Å². The minimum absolute atomic E-state index is 0.225. The number of hydrogen-bond donors (Lipinski definition) is 2. The van der Waals surface area contributed by atoms with Crippen molar-refractivity contribution in [2.75, 3.05) is 19.0 Å². The number of nitrogens with zero attached hydrogens (tertiary/aromatic N) is 1. The summed E-state index contributed by atoms with van der Waals surface area (Å²) >= 11 is 0. The number of esters is 1. The van der Waals surface area contributed by atoms with Gasteiger partial charge in [-0.1, -0.05) is 37.3 Å². The van der Waals surface area contributed by atoms with Gasteiger partial charge in [0.1, 0.15) is 0 Å². The van der Waals surface area contributed by atoms with Gasteiger partial charge < -0.3 is 15.4 Å². The van der Waals surface area contributed by atoms with Crippen molar-refractivity contribution in [3.8, 4) is 0 Å². The van der Waals surface area contributed by atoms with Crippen molar-refractivity contribution >= 4 is 23.6 Å². The highest BCUT2D eigenvalue weighted by atomic mass is 16.5. The molecule has 1 atom stereocenters. The van der Waals surface area contributed by atoms with Crippen molar-refractivity contribution < 1.29 is 19.1 Å². The van der Waals surface area contributed by atoms with Gasteiger partial charge in [-0.15, -0.1) is 0 Å². The molecule has 0 saturated heterocycles. The van der Waals surface area contributed by atoms with E-state index in [0.29, 0.717) is 34.6 Å². The van der Waals surface area contributed by atoms with E-state index < -0.39 is 12.0 Å².